The van der Waals surface area contributed by atoms with Gasteiger partial charge < -0.3 is 15.1 Å². The van der Waals surface area contributed by atoms with Gasteiger partial charge in [0.25, 0.3) is 5.91 Å². The van der Waals surface area contributed by atoms with Crippen LogP contribution in [-0.2, 0) is 6.54 Å². The van der Waals surface area contributed by atoms with Crippen LogP contribution in [0.2, 0.25) is 5.02 Å². The molecule has 4 rings (SSSR count). The summed E-state index contributed by atoms with van der Waals surface area (Å²) in [5, 5.41) is 11.1. The van der Waals surface area contributed by atoms with E-state index in [1.54, 1.807) is 12.1 Å². The van der Waals surface area contributed by atoms with E-state index in [-0.39, 0.29) is 29.5 Å². The van der Waals surface area contributed by atoms with E-state index in [4.69, 9.17) is 16.0 Å². The Labute approximate surface area is 166 Å². The molecule has 0 saturated heterocycles. The smallest absolute Gasteiger partial charge is 0.410 e. The molecule has 4 heterocycles. The number of aromatic nitrogens is 2. The molecule has 1 aliphatic heterocycles. The molecule has 28 heavy (non-hydrogen) atoms. The van der Waals surface area contributed by atoms with Crippen molar-refractivity contribution >= 4 is 34.7 Å². The quantitative estimate of drug-likeness (QED) is 0.624. The third-order valence-electron chi connectivity index (χ3n) is 4.40. The number of hydrogen-bond donors (Lipinski definition) is 2. The molecule has 0 aromatic carbocycles. The maximum atomic E-state index is 13.6. The molecule has 0 fully saturated rings. The van der Waals surface area contributed by atoms with Crippen molar-refractivity contribution in [2.45, 2.75) is 31.2 Å². The highest BCUT2D eigenvalue weighted by Gasteiger charge is 2.48. The number of furan rings is 1. The van der Waals surface area contributed by atoms with E-state index in [0.29, 0.717) is 5.76 Å². The lowest BCUT2D eigenvalue weighted by molar-refractivity contribution is -0.174. The lowest BCUT2D eigenvalue weighted by Gasteiger charge is -2.32. The van der Waals surface area contributed by atoms with Gasteiger partial charge in [0.1, 0.15) is 16.6 Å². The van der Waals surface area contributed by atoms with E-state index < -0.39 is 24.2 Å². The second kappa shape index (κ2) is 7.17. The normalized spacial score (nSPS) is 19.1. The molecule has 11 heteroatoms. The minimum atomic E-state index is -4.57. The van der Waals surface area contributed by atoms with Crippen LogP contribution in [0.15, 0.2) is 40.3 Å². The summed E-state index contributed by atoms with van der Waals surface area (Å²) in [7, 11) is 0. The molecule has 0 aliphatic carbocycles. The van der Waals surface area contributed by atoms with Gasteiger partial charge in [-0.25, -0.2) is 4.68 Å². The summed E-state index contributed by atoms with van der Waals surface area (Å²) < 4.78 is 46.9. The number of nitrogens with zero attached hydrogens (tertiary/aromatic N) is 2. The third kappa shape index (κ3) is 3.49. The summed E-state index contributed by atoms with van der Waals surface area (Å²) in [6.07, 6.45) is -3.52. The fraction of sp³-hybridized carbons (Fsp3) is 0.294. The standard InChI is InChI=1S/C17H14ClF3N4O2S/c18-13-14(16(26)22-8-9-3-2-6-28-9)24-25-12(17(19,20)21)7-10(23-15(13)25)11-4-1-5-27-11/h1-6,10,12,23H,7-8H2,(H,22,26)/t10-,12?/m0/s1. The van der Waals surface area contributed by atoms with E-state index in [2.05, 4.69) is 15.7 Å². The number of thiophene rings is 1. The average Bonchev–Trinajstić information content (AvgIpc) is 3.40. The molecule has 6 nitrogen and oxygen atoms in total. The zero-order valence-corrected chi connectivity index (χ0v) is 15.7. The van der Waals surface area contributed by atoms with Gasteiger partial charge in [0.15, 0.2) is 11.7 Å². The van der Waals surface area contributed by atoms with Crippen LogP contribution >= 0.6 is 22.9 Å². The van der Waals surface area contributed by atoms with Crippen molar-refractivity contribution in [3.05, 3.63) is 57.3 Å². The summed E-state index contributed by atoms with van der Waals surface area (Å²) in [6.45, 7) is 0.236. The van der Waals surface area contributed by atoms with Gasteiger partial charge in [0, 0.05) is 11.3 Å². The Balaban J connectivity index is 1.65. The van der Waals surface area contributed by atoms with Crippen molar-refractivity contribution in [3.63, 3.8) is 0 Å². The number of anilines is 1. The van der Waals surface area contributed by atoms with Gasteiger partial charge in [-0.15, -0.1) is 11.3 Å². The van der Waals surface area contributed by atoms with Crippen molar-refractivity contribution < 1.29 is 22.4 Å². The number of carbonyl (C=O) groups is 1. The predicted molar refractivity (Wildman–Crippen MR) is 97.5 cm³/mol. The van der Waals surface area contributed by atoms with Crippen LogP contribution < -0.4 is 10.6 Å². The van der Waals surface area contributed by atoms with E-state index >= 15 is 0 Å². The molecule has 148 valence electrons. The van der Waals surface area contributed by atoms with E-state index in [1.165, 1.54) is 17.6 Å². The second-order valence-corrected chi connectivity index (χ2v) is 7.63. The predicted octanol–water partition coefficient (Wildman–Crippen LogP) is 4.78. The molecule has 1 amide bonds. The molecule has 2 N–H and O–H groups in total. The minimum absolute atomic E-state index is 0.0575. The van der Waals surface area contributed by atoms with Gasteiger partial charge in [0.2, 0.25) is 0 Å². The molecule has 1 aliphatic rings. The van der Waals surface area contributed by atoms with Crippen LogP contribution in [0, 0.1) is 0 Å². The lowest BCUT2D eigenvalue weighted by Crippen LogP contribution is -2.35. The molecule has 0 bridgehead atoms. The maximum Gasteiger partial charge on any atom is 0.410 e. The highest BCUT2D eigenvalue weighted by atomic mass is 35.5. The number of nitrogens with one attached hydrogen (secondary N) is 2. The summed E-state index contributed by atoms with van der Waals surface area (Å²) in [5.41, 5.74) is -0.255. The topological polar surface area (TPSA) is 72.1 Å². The number of rotatable bonds is 4. The van der Waals surface area contributed by atoms with Gasteiger partial charge in [-0.3, -0.25) is 4.79 Å². The van der Waals surface area contributed by atoms with Crippen molar-refractivity contribution in [2.75, 3.05) is 5.32 Å². The number of halogens is 4. The molecule has 3 aromatic rings. The Morgan fingerprint density at radius 1 is 1.43 bits per heavy atom. The Morgan fingerprint density at radius 3 is 2.89 bits per heavy atom. The van der Waals surface area contributed by atoms with Crippen LogP contribution in [0.5, 0.6) is 0 Å². The average molecular weight is 431 g/mol. The zero-order valence-electron chi connectivity index (χ0n) is 14.2. The molecule has 2 atom stereocenters. The highest BCUT2D eigenvalue weighted by Crippen LogP contribution is 2.46. The Kier molecular flexibility index (Phi) is 4.84. The number of carbonyl (C=O) groups excluding carboxylic acids is 1. The first-order valence-corrected chi connectivity index (χ1v) is 9.55. The fourth-order valence-electron chi connectivity index (χ4n) is 3.07. The Hall–Kier alpha value is -2.46. The van der Waals surface area contributed by atoms with Crippen LogP contribution in [0.4, 0.5) is 19.0 Å². The number of fused-ring (bicyclic) bond motifs is 1. The Bertz CT molecular complexity index is 970. The first-order chi connectivity index (χ1) is 13.3. The van der Waals surface area contributed by atoms with Crippen LogP contribution in [0.25, 0.3) is 0 Å². The van der Waals surface area contributed by atoms with Crippen molar-refractivity contribution in [2.24, 2.45) is 0 Å². The van der Waals surface area contributed by atoms with Crippen molar-refractivity contribution in [3.8, 4) is 0 Å². The highest BCUT2D eigenvalue weighted by molar-refractivity contribution is 7.09. The third-order valence-corrected chi connectivity index (χ3v) is 5.63. The molecule has 3 aromatic heterocycles. The SMILES string of the molecule is O=C(NCc1cccs1)c1nn2c(c1Cl)N[C@H](c1ccco1)CC2C(F)(F)F. The summed E-state index contributed by atoms with van der Waals surface area (Å²) in [4.78, 5) is 13.4. The number of amides is 1. The molecular weight excluding hydrogens is 417 g/mol. The molecule has 0 radical (unpaired) electrons. The van der Waals surface area contributed by atoms with E-state index in [1.807, 2.05) is 17.5 Å². The van der Waals surface area contributed by atoms with Gasteiger partial charge in [-0.2, -0.15) is 18.3 Å². The van der Waals surface area contributed by atoms with Crippen molar-refractivity contribution in [1.82, 2.24) is 15.1 Å². The van der Waals surface area contributed by atoms with Crippen LogP contribution in [0.3, 0.4) is 0 Å². The largest absolute Gasteiger partial charge is 0.467 e. The first kappa shape index (κ1) is 18.9. The second-order valence-electron chi connectivity index (χ2n) is 6.22. The number of alkyl halides is 3. The molecule has 0 saturated carbocycles. The molecule has 1 unspecified atom stereocenters. The monoisotopic (exact) mass is 430 g/mol. The van der Waals surface area contributed by atoms with Gasteiger partial charge in [0.05, 0.1) is 18.8 Å². The van der Waals surface area contributed by atoms with Gasteiger partial charge in [-0.1, -0.05) is 17.7 Å². The van der Waals surface area contributed by atoms with Crippen LogP contribution in [-0.4, -0.2) is 21.9 Å². The first-order valence-electron chi connectivity index (χ1n) is 8.30. The fourth-order valence-corrected chi connectivity index (χ4v) is 3.98. The minimum Gasteiger partial charge on any atom is -0.467 e. The summed E-state index contributed by atoms with van der Waals surface area (Å²) in [5.74, 6) is -0.350. The maximum absolute atomic E-state index is 13.6. The summed E-state index contributed by atoms with van der Waals surface area (Å²) in [6, 6.07) is 4.16. The number of hydrogen-bond acceptors (Lipinski definition) is 5. The van der Waals surface area contributed by atoms with E-state index in [0.717, 1.165) is 9.56 Å². The zero-order chi connectivity index (χ0) is 19.9. The van der Waals surface area contributed by atoms with Gasteiger partial charge >= 0.3 is 6.18 Å². The van der Waals surface area contributed by atoms with E-state index in [9.17, 15) is 18.0 Å². The summed E-state index contributed by atoms with van der Waals surface area (Å²) >= 11 is 7.69. The van der Waals surface area contributed by atoms with Gasteiger partial charge in [-0.05, 0) is 23.6 Å². The molecular formula is C17H14ClF3N4O2S. The van der Waals surface area contributed by atoms with Crippen molar-refractivity contribution in [1.29, 1.82) is 0 Å². The Morgan fingerprint density at radius 2 is 2.25 bits per heavy atom. The lowest BCUT2D eigenvalue weighted by atomic mass is 10.0. The molecule has 0 spiro atoms. The van der Waals surface area contributed by atoms with Crippen LogP contribution in [0.1, 0.15) is 39.6 Å².